The fourth-order valence-corrected chi connectivity index (χ4v) is 1.06. The summed E-state index contributed by atoms with van der Waals surface area (Å²) in [5.74, 6) is -0.910. The zero-order valence-corrected chi connectivity index (χ0v) is 6.59. The van der Waals surface area contributed by atoms with Gasteiger partial charge in [-0.05, 0) is 7.05 Å². The smallest absolute Gasteiger partial charge is 0.218 e. The largest absolute Gasteiger partial charge is 0.390 e. The third-order valence-electron chi connectivity index (χ3n) is 0.965. The number of alkyl halides is 3. The second-order valence-corrected chi connectivity index (χ2v) is 3.93. The monoisotopic (exact) mass is 191 g/mol. The molecule has 0 heterocycles. The van der Waals surface area contributed by atoms with Gasteiger partial charge in [0.1, 0.15) is 0 Å². The molecular weight excluding hydrogens is 183 g/mol. The molecule has 0 aliphatic rings. The Balaban J connectivity index is 3.91. The van der Waals surface area contributed by atoms with Crippen LogP contribution < -0.4 is 4.72 Å². The molecule has 0 amide bonds. The Hall–Kier alpha value is -0.300. The molecule has 0 saturated carbocycles. The van der Waals surface area contributed by atoms with Crippen LogP contribution in [0.5, 0.6) is 0 Å². The van der Waals surface area contributed by atoms with E-state index in [1.54, 1.807) is 4.72 Å². The summed E-state index contributed by atoms with van der Waals surface area (Å²) >= 11 is 0. The van der Waals surface area contributed by atoms with E-state index in [2.05, 4.69) is 0 Å². The Bertz CT molecular complexity index is 208. The number of rotatable bonds is 3. The average molecular weight is 191 g/mol. The molecule has 3 nitrogen and oxygen atoms in total. The van der Waals surface area contributed by atoms with Gasteiger partial charge >= 0.3 is 6.18 Å². The van der Waals surface area contributed by atoms with Gasteiger partial charge in [0, 0.05) is 0 Å². The molecule has 0 radical (unpaired) electrons. The van der Waals surface area contributed by atoms with Gasteiger partial charge in [-0.15, -0.1) is 0 Å². The highest BCUT2D eigenvalue weighted by molar-refractivity contribution is 7.89. The molecule has 0 rings (SSSR count). The maximum atomic E-state index is 11.4. The van der Waals surface area contributed by atoms with E-state index in [9.17, 15) is 21.6 Å². The topological polar surface area (TPSA) is 46.2 Å². The first-order valence-electron chi connectivity index (χ1n) is 2.75. The molecular formula is C4H8F3NO2S. The van der Waals surface area contributed by atoms with Gasteiger partial charge in [-0.1, -0.05) is 0 Å². The molecule has 0 atom stereocenters. The van der Waals surface area contributed by atoms with Crippen LogP contribution in [0.2, 0.25) is 0 Å². The van der Waals surface area contributed by atoms with Gasteiger partial charge in [-0.3, -0.25) is 0 Å². The highest BCUT2D eigenvalue weighted by Gasteiger charge is 2.29. The molecule has 7 heteroatoms. The molecule has 0 aliphatic heterocycles. The number of halogens is 3. The van der Waals surface area contributed by atoms with Gasteiger partial charge < -0.3 is 0 Å². The van der Waals surface area contributed by atoms with Gasteiger partial charge in [-0.25, -0.2) is 13.1 Å². The van der Waals surface area contributed by atoms with Crippen molar-refractivity contribution < 1.29 is 21.6 Å². The summed E-state index contributed by atoms with van der Waals surface area (Å²) in [6.45, 7) is 0. The molecule has 68 valence electrons. The fourth-order valence-electron chi connectivity index (χ4n) is 0.352. The summed E-state index contributed by atoms with van der Waals surface area (Å²) in [6.07, 6.45) is -5.72. The van der Waals surface area contributed by atoms with Crippen LogP contribution in [0.3, 0.4) is 0 Å². The van der Waals surface area contributed by atoms with Gasteiger partial charge in [0.15, 0.2) is 0 Å². The van der Waals surface area contributed by atoms with Crippen LogP contribution in [0.4, 0.5) is 13.2 Å². The van der Waals surface area contributed by atoms with E-state index in [-0.39, 0.29) is 0 Å². The summed E-state index contributed by atoms with van der Waals surface area (Å²) < 4.78 is 56.9. The van der Waals surface area contributed by atoms with E-state index in [0.29, 0.717) is 0 Å². The first kappa shape index (κ1) is 10.7. The normalized spacial score (nSPS) is 13.5. The molecule has 0 aromatic rings. The van der Waals surface area contributed by atoms with Crippen LogP contribution in [0.15, 0.2) is 0 Å². The first-order valence-corrected chi connectivity index (χ1v) is 4.40. The third kappa shape index (κ3) is 6.11. The van der Waals surface area contributed by atoms with Crippen molar-refractivity contribution in [2.75, 3.05) is 12.8 Å². The van der Waals surface area contributed by atoms with Crippen molar-refractivity contribution in [1.29, 1.82) is 0 Å². The zero-order valence-electron chi connectivity index (χ0n) is 5.77. The molecule has 0 aromatic carbocycles. The van der Waals surface area contributed by atoms with E-state index >= 15 is 0 Å². The van der Waals surface area contributed by atoms with Gasteiger partial charge in [0.05, 0.1) is 12.2 Å². The Morgan fingerprint density at radius 1 is 1.36 bits per heavy atom. The zero-order chi connectivity index (χ0) is 9.12. The van der Waals surface area contributed by atoms with Crippen LogP contribution in [0.1, 0.15) is 6.42 Å². The van der Waals surface area contributed by atoms with Crippen LogP contribution >= 0.6 is 0 Å². The summed E-state index contributed by atoms with van der Waals surface area (Å²) in [4.78, 5) is 0. The maximum absolute atomic E-state index is 11.4. The minimum absolute atomic E-state index is 0.910. The van der Waals surface area contributed by atoms with Crippen molar-refractivity contribution in [1.82, 2.24) is 4.72 Å². The van der Waals surface area contributed by atoms with E-state index in [0.717, 1.165) is 7.05 Å². The lowest BCUT2D eigenvalue weighted by atomic mass is 10.5. The van der Waals surface area contributed by atoms with Gasteiger partial charge in [0.25, 0.3) is 0 Å². The van der Waals surface area contributed by atoms with E-state index < -0.39 is 28.4 Å². The summed E-state index contributed by atoms with van der Waals surface area (Å²) in [7, 11) is -2.65. The molecule has 11 heavy (non-hydrogen) atoms. The number of sulfonamides is 1. The second-order valence-electron chi connectivity index (χ2n) is 1.89. The highest BCUT2D eigenvalue weighted by Crippen LogP contribution is 2.19. The summed E-state index contributed by atoms with van der Waals surface area (Å²) in [5.41, 5.74) is 0. The fraction of sp³-hybridized carbons (Fsp3) is 1.00. The maximum Gasteiger partial charge on any atom is 0.390 e. The lowest BCUT2D eigenvalue weighted by Crippen LogP contribution is -2.25. The summed E-state index contributed by atoms with van der Waals surface area (Å²) in [6, 6.07) is 0. The van der Waals surface area contributed by atoms with Crippen LogP contribution in [0.25, 0.3) is 0 Å². The Morgan fingerprint density at radius 2 is 1.82 bits per heavy atom. The van der Waals surface area contributed by atoms with Crippen LogP contribution in [-0.2, 0) is 10.0 Å². The second kappa shape index (κ2) is 3.40. The van der Waals surface area contributed by atoms with Crippen molar-refractivity contribution in [3.63, 3.8) is 0 Å². The SMILES string of the molecule is CNS(=O)(=O)CCC(F)(F)F. The number of hydrogen-bond donors (Lipinski definition) is 1. The van der Waals surface area contributed by atoms with Crippen molar-refractivity contribution in [3.05, 3.63) is 0 Å². The lowest BCUT2D eigenvalue weighted by molar-refractivity contribution is -0.129. The molecule has 0 aromatic heterocycles. The standard InChI is InChI=1S/C4H8F3NO2S/c1-8-11(9,10)3-2-4(5,6)7/h8H,2-3H2,1H3. The quantitative estimate of drug-likeness (QED) is 0.705. The first-order chi connectivity index (χ1) is 4.77. The minimum atomic E-state index is -4.41. The third-order valence-corrected chi connectivity index (χ3v) is 2.33. The molecule has 0 aliphatic carbocycles. The van der Waals surface area contributed by atoms with Crippen molar-refractivity contribution in [2.24, 2.45) is 0 Å². The van der Waals surface area contributed by atoms with Gasteiger partial charge in [0.2, 0.25) is 10.0 Å². The average Bonchev–Trinajstić information content (AvgIpc) is 1.83. The molecule has 0 fully saturated rings. The van der Waals surface area contributed by atoms with Crippen molar-refractivity contribution in [3.8, 4) is 0 Å². The highest BCUT2D eigenvalue weighted by atomic mass is 32.2. The minimum Gasteiger partial charge on any atom is -0.218 e. The predicted octanol–water partition coefficient (Wildman–Crippen LogP) is 0.488. The number of nitrogens with one attached hydrogen (secondary N) is 1. The van der Waals surface area contributed by atoms with Gasteiger partial charge in [-0.2, -0.15) is 13.2 Å². The van der Waals surface area contributed by atoms with E-state index in [4.69, 9.17) is 0 Å². The predicted molar refractivity (Wildman–Crippen MR) is 33.5 cm³/mol. The van der Waals surface area contributed by atoms with Crippen LogP contribution in [0, 0.1) is 0 Å². The molecule has 0 spiro atoms. The summed E-state index contributed by atoms with van der Waals surface area (Å²) in [5, 5.41) is 0. The Morgan fingerprint density at radius 3 is 2.09 bits per heavy atom. The number of hydrogen-bond acceptors (Lipinski definition) is 2. The molecule has 0 unspecified atom stereocenters. The lowest BCUT2D eigenvalue weighted by Gasteiger charge is -2.05. The molecule has 1 N–H and O–H groups in total. The van der Waals surface area contributed by atoms with Crippen LogP contribution in [-0.4, -0.2) is 27.4 Å². The van der Waals surface area contributed by atoms with E-state index in [1.807, 2.05) is 0 Å². The van der Waals surface area contributed by atoms with Crippen molar-refractivity contribution in [2.45, 2.75) is 12.6 Å². The molecule has 0 saturated heterocycles. The van der Waals surface area contributed by atoms with E-state index in [1.165, 1.54) is 0 Å². The Labute approximate surface area is 62.6 Å². The Kier molecular flexibility index (Phi) is 3.30. The molecule has 0 bridgehead atoms. The van der Waals surface area contributed by atoms with Crippen molar-refractivity contribution >= 4 is 10.0 Å².